The van der Waals surface area contributed by atoms with E-state index in [9.17, 15) is 9.59 Å². The summed E-state index contributed by atoms with van der Waals surface area (Å²) in [6, 6.07) is -0.115. The average molecular weight is 488 g/mol. The summed E-state index contributed by atoms with van der Waals surface area (Å²) >= 11 is 0. The van der Waals surface area contributed by atoms with Gasteiger partial charge in [-0.1, -0.05) is 27.7 Å². The maximum Gasteiger partial charge on any atom is 0.245 e. The third kappa shape index (κ3) is 6.66. The number of carbonyl (C=O) groups is 2. The minimum atomic E-state index is -0.346. The number of nitrogens with one attached hydrogen (secondary N) is 1. The molecule has 1 unspecified atom stereocenters. The summed E-state index contributed by atoms with van der Waals surface area (Å²) < 4.78 is 2.37. The number of hydrogen-bond acceptors (Lipinski definition) is 4. The largest absolute Gasteiger partial charge is 0.341 e. The summed E-state index contributed by atoms with van der Waals surface area (Å²) in [5.74, 6) is 2.76. The fraction of sp³-hybridized carbons (Fsp3) is 0.821. The maximum atomic E-state index is 13.8. The molecular formula is C28H49N5O2. The number of piperazine rings is 1. The molecule has 1 aromatic rings. The Kier molecular flexibility index (Phi) is 9.41. The molecule has 0 aliphatic carbocycles. The first kappa shape index (κ1) is 27.7. The monoisotopic (exact) mass is 487 g/mol. The molecule has 0 radical (unpaired) electrons. The molecule has 2 saturated heterocycles. The second-order valence-electron chi connectivity index (χ2n) is 11.9. The Morgan fingerprint density at radius 2 is 1.69 bits per heavy atom. The van der Waals surface area contributed by atoms with Gasteiger partial charge in [0.25, 0.3) is 0 Å². The van der Waals surface area contributed by atoms with Crippen LogP contribution in [0.3, 0.4) is 0 Å². The van der Waals surface area contributed by atoms with Crippen LogP contribution in [0.5, 0.6) is 0 Å². The number of hydrogen-bond donors (Lipinski definition) is 1. The van der Waals surface area contributed by atoms with E-state index in [1.165, 1.54) is 11.5 Å². The second kappa shape index (κ2) is 11.9. The van der Waals surface area contributed by atoms with Gasteiger partial charge in [-0.25, -0.2) is 4.98 Å². The standard InChI is InChI=1S/C28H49N5O2/c1-18(2)15-24-27(34)32(14-11-29-24)25(16-19(3)4)28(35)31-12-9-23(10-13-31)17-26-30-21(7)22(8)33(26)20(5)6/h18-20,23-25,29H,9-17H2,1-8H3/t24-,25?/m0/s1. The molecule has 1 aromatic heterocycles. The van der Waals surface area contributed by atoms with Crippen LogP contribution < -0.4 is 5.32 Å². The third-order valence-corrected chi connectivity index (χ3v) is 7.76. The summed E-state index contributed by atoms with van der Waals surface area (Å²) in [7, 11) is 0. The number of rotatable bonds is 9. The molecule has 3 rings (SSSR count). The molecule has 2 amide bonds. The summed E-state index contributed by atoms with van der Waals surface area (Å²) in [5, 5.41) is 3.38. The summed E-state index contributed by atoms with van der Waals surface area (Å²) in [5.41, 5.74) is 2.38. The number of piperidine rings is 1. The number of amides is 2. The highest BCUT2D eigenvalue weighted by atomic mass is 16.2. The number of aromatic nitrogens is 2. The Morgan fingerprint density at radius 1 is 1.03 bits per heavy atom. The number of imidazole rings is 1. The minimum absolute atomic E-state index is 0.102. The van der Waals surface area contributed by atoms with Gasteiger partial charge in [-0.15, -0.1) is 0 Å². The molecule has 2 aliphatic rings. The zero-order chi connectivity index (χ0) is 25.9. The minimum Gasteiger partial charge on any atom is -0.341 e. The maximum absolute atomic E-state index is 13.8. The van der Waals surface area contributed by atoms with Crippen molar-refractivity contribution in [2.24, 2.45) is 17.8 Å². The van der Waals surface area contributed by atoms with Crippen molar-refractivity contribution in [2.45, 2.75) is 106 Å². The molecule has 7 heteroatoms. The molecular weight excluding hydrogens is 438 g/mol. The van der Waals surface area contributed by atoms with Gasteiger partial charge in [0.1, 0.15) is 11.9 Å². The molecule has 0 aromatic carbocycles. The van der Waals surface area contributed by atoms with E-state index in [1.54, 1.807) is 0 Å². The van der Waals surface area contributed by atoms with Crippen molar-refractivity contribution in [3.05, 3.63) is 17.2 Å². The van der Waals surface area contributed by atoms with E-state index < -0.39 is 0 Å². The average Bonchev–Trinajstić information content (AvgIpc) is 3.06. The summed E-state index contributed by atoms with van der Waals surface area (Å²) in [4.78, 5) is 35.9. The predicted octanol–water partition coefficient (Wildman–Crippen LogP) is 4.12. The Labute approximate surface area is 213 Å². The van der Waals surface area contributed by atoms with Crippen LogP contribution in [0.4, 0.5) is 0 Å². The highest BCUT2D eigenvalue weighted by molar-refractivity contribution is 5.90. The number of nitrogens with zero attached hydrogens (tertiary/aromatic N) is 4. The van der Waals surface area contributed by atoms with Crippen LogP contribution in [0, 0.1) is 31.6 Å². The highest BCUT2D eigenvalue weighted by Crippen LogP contribution is 2.27. The second-order valence-corrected chi connectivity index (χ2v) is 11.9. The van der Waals surface area contributed by atoms with E-state index in [4.69, 9.17) is 4.98 Å². The van der Waals surface area contributed by atoms with Crippen molar-refractivity contribution in [1.82, 2.24) is 24.7 Å². The first-order chi connectivity index (χ1) is 16.5. The molecule has 2 atom stereocenters. The zero-order valence-electron chi connectivity index (χ0n) is 23.4. The Morgan fingerprint density at radius 3 is 2.26 bits per heavy atom. The van der Waals surface area contributed by atoms with Crippen molar-refractivity contribution in [3.63, 3.8) is 0 Å². The van der Waals surface area contributed by atoms with Gasteiger partial charge in [0.2, 0.25) is 11.8 Å². The van der Waals surface area contributed by atoms with Gasteiger partial charge in [-0.2, -0.15) is 0 Å². The Hall–Kier alpha value is -1.89. The van der Waals surface area contributed by atoms with Crippen molar-refractivity contribution < 1.29 is 9.59 Å². The lowest BCUT2D eigenvalue weighted by Gasteiger charge is -2.42. The molecule has 0 bridgehead atoms. The van der Waals surface area contributed by atoms with Crippen molar-refractivity contribution >= 4 is 11.8 Å². The number of likely N-dealkylation sites (tertiary alicyclic amines) is 1. The van der Waals surface area contributed by atoms with Gasteiger partial charge in [0.15, 0.2) is 0 Å². The summed E-state index contributed by atoms with van der Waals surface area (Å²) in [6.07, 6.45) is 4.50. The van der Waals surface area contributed by atoms with Crippen LogP contribution in [0.25, 0.3) is 0 Å². The van der Waals surface area contributed by atoms with E-state index >= 15 is 0 Å². The Bertz CT molecular complexity index is 867. The van der Waals surface area contributed by atoms with Crippen molar-refractivity contribution in [1.29, 1.82) is 0 Å². The Balaban J connectivity index is 1.66. The smallest absolute Gasteiger partial charge is 0.245 e. The zero-order valence-corrected chi connectivity index (χ0v) is 23.4. The van der Waals surface area contributed by atoms with Gasteiger partial charge >= 0.3 is 0 Å². The lowest BCUT2D eigenvalue weighted by Crippen LogP contribution is -2.62. The van der Waals surface area contributed by atoms with Crippen LogP contribution in [-0.2, 0) is 16.0 Å². The fourth-order valence-electron chi connectivity index (χ4n) is 5.88. The molecule has 35 heavy (non-hydrogen) atoms. The lowest BCUT2D eigenvalue weighted by atomic mass is 9.91. The van der Waals surface area contributed by atoms with Crippen LogP contribution in [0.2, 0.25) is 0 Å². The number of carbonyl (C=O) groups excluding carboxylic acids is 2. The molecule has 3 heterocycles. The normalized spacial score (nSPS) is 21.0. The molecule has 0 spiro atoms. The lowest BCUT2D eigenvalue weighted by molar-refractivity contribution is -0.150. The van der Waals surface area contributed by atoms with E-state index in [0.29, 0.717) is 30.3 Å². The topological polar surface area (TPSA) is 70.5 Å². The van der Waals surface area contributed by atoms with Crippen molar-refractivity contribution in [3.8, 4) is 0 Å². The van der Waals surface area contributed by atoms with Crippen molar-refractivity contribution in [2.75, 3.05) is 26.2 Å². The third-order valence-electron chi connectivity index (χ3n) is 7.76. The highest BCUT2D eigenvalue weighted by Gasteiger charge is 2.39. The van der Waals surface area contributed by atoms with Gasteiger partial charge in [-0.3, -0.25) is 9.59 Å². The number of aryl methyl sites for hydroxylation is 1. The van der Waals surface area contributed by atoms with Gasteiger partial charge < -0.3 is 19.7 Å². The fourth-order valence-corrected chi connectivity index (χ4v) is 5.88. The predicted molar refractivity (Wildman–Crippen MR) is 141 cm³/mol. The van der Waals surface area contributed by atoms with Crippen LogP contribution in [-0.4, -0.2) is 69.4 Å². The molecule has 7 nitrogen and oxygen atoms in total. The molecule has 1 N–H and O–H groups in total. The van der Waals surface area contributed by atoms with Crippen LogP contribution in [0.1, 0.15) is 90.5 Å². The molecule has 198 valence electrons. The SMILES string of the molecule is Cc1nc(CC2CCN(C(=O)C(CC(C)C)N3CCN[C@@H](CC(C)C)C3=O)CC2)n(C(C)C)c1C. The van der Waals surface area contributed by atoms with E-state index in [0.717, 1.165) is 57.4 Å². The molecule has 2 aliphatic heterocycles. The summed E-state index contributed by atoms with van der Waals surface area (Å²) in [6.45, 7) is 20.2. The first-order valence-electron chi connectivity index (χ1n) is 13.9. The van der Waals surface area contributed by atoms with E-state index in [-0.39, 0.29) is 23.9 Å². The van der Waals surface area contributed by atoms with E-state index in [1.807, 2.05) is 9.80 Å². The van der Waals surface area contributed by atoms with Gasteiger partial charge in [0, 0.05) is 44.3 Å². The van der Waals surface area contributed by atoms with Gasteiger partial charge in [0.05, 0.1) is 11.7 Å². The molecule has 0 saturated carbocycles. The van der Waals surface area contributed by atoms with E-state index in [2.05, 4.69) is 65.3 Å². The van der Waals surface area contributed by atoms with Crippen LogP contribution in [0.15, 0.2) is 0 Å². The molecule has 2 fully saturated rings. The van der Waals surface area contributed by atoms with Gasteiger partial charge in [-0.05, 0) is 71.1 Å². The first-order valence-corrected chi connectivity index (χ1v) is 13.9. The quantitative estimate of drug-likeness (QED) is 0.569. The van der Waals surface area contributed by atoms with Crippen LogP contribution >= 0.6 is 0 Å².